The van der Waals surface area contributed by atoms with E-state index in [2.05, 4.69) is 9.88 Å². The number of ether oxygens (including phenoxy) is 1. The Hall–Kier alpha value is -1.43. The summed E-state index contributed by atoms with van der Waals surface area (Å²) in [5.74, 6) is -0.208. The Kier molecular flexibility index (Phi) is 3.67. The largest absolute Gasteiger partial charge is 0.389 e. The van der Waals surface area contributed by atoms with Gasteiger partial charge in [-0.1, -0.05) is 0 Å². The number of fused-ring (bicyclic) bond motifs is 1. The molecular formula is C18H23FN2O2. The summed E-state index contributed by atoms with van der Waals surface area (Å²) in [6.45, 7) is 5.08. The van der Waals surface area contributed by atoms with Crippen molar-refractivity contribution in [3.63, 3.8) is 0 Å². The third kappa shape index (κ3) is 2.57. The highest BCUT2D eigenvalue weighted by Gasteiger charge is 2.45. The van der Waals surface area contributed by atoms with Crippen molar-refractivity contribution in [2.24, 2.45) is 0 Å². The quantitative estimate of drug-likeness (QED) is 0.895. The molecule has 2 aromatic rings. The summed E-state index contributed by atoms with van der Waals surface area (Å²) in [6.07, 6.45) is 2.46. The van der Waals surface area contributed by atoms with Crippen LogP contribution in [-0.2, 0) is 11.3 Å². The first kappa shape index (κ1) is 15.1. The highest BCUT2D eigenvalue weighted by atomic mass is 19.1. The van der Waals surface area contributed by atoms with Gasteiger partial charge in [-0.25, -0.2) is 4.39 Å². The Labute approximate surface area is 135 Å². The molecule has 2 atom stereocenters. The smallest absolute Gasteiger partial charge is 0.123 e. The van der Waals surface area contributed by atoms with Crippen LogP contribution in [0.2, 0.25) is 0 Å². The van der Waals surface area contributed by atoms with Gasteiger partial charge in [-0.2, -0.15) is 0 Å². The van der Waals surface area contributed by atoms with E-state index < -0.39 is 6.10 Å². The summed E-state index contributed by atoms with van der Waals surface area (Å²) in [6, 6.07) is 4.85. The lowest BCUT2D eigenvalue weighted by Gasteiger charge is -2.42. The molecule has 2 N–H and O–H groups in total. The molecule has 3 heterocycles. The fourth-order valence-electron chi connectivity index (χ4n) is 4.08. The van der Waals surface area contributed by atoms with Crippen molar-refractivity contribution in [3.8, 4) is 0 Å². The summed E-state index contributed by atoms with van der Waals surface area (Å²) < 4.78 is 19.3. The Balaban J connectivity index is 1.52. The number of hydrogen-bond acceptors (Lipinski definition) is 3. The molecule has 23 heavy (non-hydrogen) atoms. The number of β-amino-alcohol motifs (C(OH)–C–C–N with tert-alkyl or cyclic N) is 1. The zero-order chi connectivity index (χ0) is 16.0. The number of aryl methyl sites for hydroxylation is 1. The van der Waals surface area contributed by atoms with Crippen LogP contribution in [-0.4, -0.2) is 46.4 Å². The Bertz CT molecular complexity index is 721. The monoisotopic (exact) mass is 318 g/mol. The first-order chi connectivity index (χ1) is 11.1. The number of H-pyrrole nitrogens is 1. The molecule has 0 saturated carbocycles. The van der Waals surface area contributed by atoms with Gasteiger partial charge >= 0.3 is 0 Å². The van der Waals surface area contributed by atoms with Crippen LogP contribution in [0.15, 0.2) is 18.2 Å². The lowest BCUT2D eigenvalue weighted by atomic mass is 9.86. The van der Waals surface area contributed by atoms with Crippen LogP contribution in [0.5, 0.6) is 0 Å². The minimum atomic E-state index is -0.430. The maximum atomic E-state index is 13.4. The van der Waals surface area contributed by atoms with Crippen LogP contribution in [0, 0.1) is 12.7 Å². The van der Waals surface area contributed by atoms with Crippen molar-refractivity contribution in [1.29, 1.82) is 0 Å². The van der Waals surface area contributed by atoms with E-state index in [1.807, 2.05) is 6.92 Å². The topological polar surface area (TPSA) is 48.5 Å². The first-order valence-electron chi connectivity index (χ1n) is 8.38. The summed E-state index contributed by atoms with van der Waals surface area (Å²) in [7, 11) is 0. The van der Waals surface area contributed by atoms with Crippen molar-refractivity contribution in [3.05, 3.63) is 35.3 Å². The molecule has 1 aromatic carbocycles. The maximum absolute atomic E-state index is 13.4. The number of aromatic amines is 1. The number of halogens is 1. The second kappa shape index (κ2) is 5.58. The SMILES string of the molecule is Cc1c(CN2CC[C@@]3(CCCO3)[C@@H](O)C2)[nH]c2ccc(F)cc12. The van der Waals surface area contributed by atoms with Gasteiger partial charge in [0, 0.05) is 42.8 Å². The van der Waals surface area contributed by atoms with Crippen LogP contribution in [0.1, 0.15) is 30.5 Å². The lowest BCUT2D eigenvalue weighted by molar-refractivity contribution is -0.130. The van der Waals surface area contributed by atoms with Gasteiger partial charge in [0.15, 0.2) is 0 Å². The van der Waals surface area contributed by atoms with Crippen LogP contribution < -0.4 is 0 Å². The average Bonchev–Trinajstić information content (AvgIpc) is 3.11. The zero-order valence-corrected chi connectivity index (χ0v) is 13.4. The molecule has 1 aromatic heterocycles. The van der Waals surface area contributed by atoms with E-state index in [0.717, 1.165) is 61.1 Å². The normalized spacial score (nSPS) is 28.9. The zero-order valence-electron chi connectivity index (χ0n) is 13.4. The van der Waals surface area contributed by atoms with Crippen molar-refractivity contribution in [2.45, 2.75) is 44.4 Å². The van der Waals surface area contributed by atoms with E-state index in [1.165, 1.54) is 6.07 Å². The van der Waals surface area contributed by atoms with Crippen LogP contribution >= 0.6 is 0 Å². The molecule has 124 valence electrons. The minimum absolute atomic E-state index is 0.208. The molecule has 2 saturated heterocycles. The molecule has 2 aliphatic rings. The maximum Gasteiger partial charge on any atom is 0.123 e. The number of nitrogens with one attached hydrogen (secondary N) is 1. The number of rotatable bonds is 2. The van der Waals surface area contributed by atoms with Gasteiger partial charge in [0.2, 0.25) is 0 Å². The van der Waals surface area contributed by atoms with Crippen LogP contribution in [0.4, 0.5) is 4.39 Å². The molecular weight excluding hydrogens is 295 g/mol. The van der Waals surface area contributed by atoms with Crippen LogP contribution in [0.3, 0.4) is 0 Å². The predicted molar refractivity (Wildman–Crippen MR) is 86.8 cm³/mol. The molecule has 0 bridgehead atoms. The molecule has 0 unspecified atom stereocenters. The molecule has 0 amide bonds. The van der Waals surface area contributed by atoms with Gasteiger partial charge in [0.05, 0.1) is 11.7 Å². The lowest BCUT2D eigenvalue weighted by Crippen LogP contribution is -2.54. The van der Waals surface area contributed by atoms with E-state index in [1.54, 1.807) is 12.1 Å². The predicted octanol–water partition coefficient (Wildman–Crippen LogP) is 2.73. The Morgan fingerprint density at radius 1 is 1.43 bits per heavy atom. The van der Waals surface area contributed by atoms with Gasteiger partial charge in [0.25, 0.3) is 0 Å². The number of piperidine rings is 1. The number of benzene rings is 1. The van der Waals surface area contributed by atoms with E-state index in [0.29, 0.717) is 6.54 Å². The number of likely N-dealkylation sites (tertiary alicyclic amines) is 1. The Morgan fingerprint density at radius 2 is 2.30 bits per heavy atom. The Morgan fingerprint density at radius 3 is 3.04 bits per heavy atom. The summed E-state index contributed by atoms with van der Waals surface area (Å²) in [4.78, 5) is 5.65. The molecule has 4 nitrogen and oxygen atoms in total. The highest BCUT2D eigenvalue weighted by molar-refractivity contribution is 5.84. The molecule has 5 heteroatoms. The van der Waals surface area contributed by atoms with Crippen molar-refractivity contribution in [2.75, 3.05) is 19.7 Å². The van der Waals surface area contributed by atoms with E-state index in [9.17, 15) is 9.50 Å². The average molecular weight is 318 g/mol. The minimum Gasteiger partial charge on any atom is -0.389 e. The molecule has 0 aliphatic carbocycles. The van der Waals surface area contributed by atoms with Crippen molar-refractivity contribution < 1.29 is 14.2 Å². The standard InChI is InChI=1S/C18H23FN2O2/c1-12-14-9-13(19)3-4-15(14)20-16(12)10-21-7-6-18(17(22)11-21)5-2-8-23-18/h3-4,9,17,20,22H,2,5-8,10-11H2,1H3/t17-,18-/m0/s1. The van der Waals surface area contributed by atoms with E-state index >= 15 is 0 Å². The third-order valence-corrected chi connectivity index (χ3v) is 5.53. The molecule has 1 spiro atoms. The third-order valence-electron chi connectivity index (χ3n) is 5.53. The van der Waals surface area contributed by atoms with Crippen LogP contribution in [0.25, 0.3) is 10.9 Å². The number of nitrogens with zero attached hydrogens (tertiary/aromatic N) is 1. The second-order valence-corrected chi connectivity index (χ2v) is 6.94. The summed E-state index contributed by atoms with van der Waals surface area (Å²) in [5.41, 5.74) is 2.84. The van der Waals surface area contributed by atoms with Gasteiger partial charge in [-0.3, -0.25) is 4.90 Å². The number of aliphatic hydroxyl groups excluding tert-OH is 1. The molecule has 2 aliphatic heterocycles. The van der Waals surface area contributed by atoms with E-state index in [4.69, 9.17) is 4.74 Å². The van der Waals surface area contributed by atoms with Gasteiger partial charge in [-0.05, 0) is 49.9 Å². The fraction of sp³-hybridized carbons (Fsp3) is 0.556. The van der Waals surface area contributed by atoms with E-state index in [-0.39, 0.29) is 11.4 Å². The first-order valence-corrected chi connectivity index (χ1v) is 8.38. The summed E-state index contributed by atoms with van der Waals surface area (Å²) in [5, 5.41) is 11.5. The van der Waals surface area contributed by atoms with Gasteiger partial charge < -0.3 is 14.8 Å². The fourth-order valence-corrected chi connectivity index (χ4v) is 4.08. The highest BCUT2D eigenvalue weighted by Crippen LogP contribution is 2.36. The summed E-state index contributed by atoms with van der Waals surface area (Å²) >= 11 is 0. The molecule has 4 rings (SSSR count). The van der Waals surface area contributed by atoms with Crippen molar-refractivity contribution >= 4 is 10.9 Å². The van der Waals surface area contributed by atoms with Crippen molar-refractivity contribution in [1.82, 2.24) is 9.88 Å². The number of aromatic nitrogens is 1. The van der Waals surface area contributed by atoms with Gasteiger partial charge in [-0.15, -0.1) is 0 Å². The molecule has 2 fully saturated rings. The van der Waals surface area contributed by atoms with Gasteiger partial charge in [0.1, 0.15) is 5.82 Å². The molecule has 0 radical (unpaired) electrons. The number of hydrogen-bond donors (Lipinski definition) is 2. The second-order valence-electron chi connectivity index (χ2n) is 6.94. The number of aliphatic hydroxyl groups is 1.